The van der Waals surface area contributed by atoms with Crippen LogP contribution in [0.1, 0.15) is 50.5 Å². The van der Waals surface area contributed by atoms with Crippen LogP contribution in [0.25, 0.3) is 0 Å². The number of hydrogen-bond donors (Lipinski definition) is 1. The van der Waals surface area contributed by atoms with E-state index in [0.717, 1.165) is 11.1 Å². The zero-order valence-electron chi connectivity index (χ0n) is 16.5. The fourth-order valence-electron chi connectivity index (χ4n) is 2.98. The lowest BCUT2D eigenvalue weighted by Gasteiger charge is -2.16. The molecule has 3 rings (SSSR count). The van der Waals surface area contributed by atoms with Crippen molar-refractivity contribution in [3.63, 3.8) is 0 Å². The summed E-state index contributed by atoms with van der Waals surface area (Å²) in [5, 5.41) is 3.27. The Kier molecular flexibility index (Phi) is 6.79. The number of ether oxygens (including phenoxy) is 1. The van der Waals surface area contributed by atoms with E-state index >= 15 is 0 Å². The maximum absolute atomic E-state index is 13.2. The summed E-state index contributed by atoms with van der Waals surface area (Å²) in [7, 11) is 1.32. The van der Waals surface area contributed by atoms with Gasteiger partial charge in [0.05, 0.1) is 35.0 Å². The smallest absolute Gasteiger partial charge is 0.337 e. The number of methoxy groups -OCH3 is 1. The predicted molar refractivity (Wildman–Crippen MR) is 112 cm³/mol. The molecule has 0 unspecified atom stereocenters. The van der Waals surface area contributed by atoms with Crippen molar-refractivity contribution >= 4 is 23.5 Å². The van der Waals surface area contributed by atoms with E-state index in [2.05, 4.69) is 15.0 Å². The summed E-state index contributed by atoms with van der Waals surface area (Å²) in [6.07, 6.45) is 1.84. The highest BCUT2D eigenvalue weighted by molar-refractivity contribution is 6.30. The highest BCUT2D eigenvalue weighted by Crippen LogP contribution is 2.20. The van der Waals surface area contributed by atoms with Gasteiger partial charge < -0.3 is 10.1 Å². The van der Waals surface area contributed by atoms with E-state index in [4.69, 9.17) is 11.6 Å². The van der Waals surface area contributed by atoms with Crippen molar-refractivity contribution in [2.24, 2.45) is 0 Å². The third-order valence-electron chi connectivity index (χ3n) is 4.65. The minimum Gasteiger partial charge on any atom is -0.465 e. The molecular weight excluding hydrogens is 407 g/mol. The van der Waals surface area contributed by atoms with E-state index in [1.165, 1.54) is 25.4 Å². The average Bonchev–Trinajstić information content (AvgIpc) is 2.76. The van der Waals surface area contributed by atoms with E-state index in [1.807, 2.05) is 6.92 Å². The molecular formula is C23H20ClFN2O3. The van der Waals surface area contributed by atoms with Crippen molar-refractivity contribution in [2.45, 2.75) is 19.4 Å². The Hall–Kier alpha value is -3.25. The lowest BCUT2D eigenvalue weighted by Crippen LogP contribution is -2.28. The van der Waals surface area contributed by atoms with Crippen molar-refractivity contribution in [2.75, 3.05) is 7.11 Å². The Morgan fingerprint density at radius 3 is 2.43 bits per heavy atom. The second-order valence-electron chi connectivity index (χ2n) is 6.76. The van der Waals surface area contributed by atoms with Gasteiger partial charge in [0.15, 0.2) is 0 Å². The lowest BCUT2D eigenvalue weighted by molar-refractivity contribution is 0.0600. The topological polar surface area (TPSA) is 68.3 Å². The molecule has 0 spiro atoms. The molecule has 0 aliphatic rings. The second kappa shape index (κ2) is 9.50. The van der Waals surface area contributed by atoms with Gasteiger partial charge in [-0.05, 0) is 48.4 Å². The van der Waals surface area contributed by atoms with Gasteiger partial charge in [-0.15, -0.1) is 0 Å². The molecule has 3 aromatic rings. The highest BCUT2D eigenvalue weighted by atomic mass is 35.5. The molecule has 5 nitrogen and oxygen atoms in total. The Bertz CT molecular complexity index is 1050. The first-order chi connectivity index (χ1) is 14.4. The zero-order chi connectivity index (χ0) is 21.7. The molecule has 0 saturated heterocycles. The van der Waals surface area contributed by atoms with E-state index in [-0.39, 0.29) is 17.8 Å². The van der Waals surface area contributed by atoms with Crippen molar-refractivity contribution in [3.8, 4) is 0 Å². The van der Waals surface area contributed by atoms with Gasteiger partial charge in [0.1, 0.15) is 5.82 Å². The van der Waals surface area contributed by atoms with Gasteiger partial charge >= 0.3 is 5.97 Å². The third-order valence-corrected chi connectivity index (χ3v) is 4.85. The summed E-state index contributed by atoms with van der Waals surface area (Å²) in [4.78, 5) is 28.8. The zero-order valence-corrected chi connectivity index (χ0v) is 17.2. The molecule has 30 heavy (non-hydrogen) atoms. The summed E-state index contributed by atoms with van der Waals surface area (Å²) < 4.78 is 17.8. The molecule has 1 atom stereocenters. The molecule has 0 aliphatic carbocycles. The number of carbonyl (C=O) groups excluding carboxylic acids is 2. The number of aromatic nitrogens is 1. The Labute approximate surface area is 178 Å². The van der Waals surface area contributed by atoms with Crippen LogP contribution in [0.3, 0.4) is 0 Å². The SMILES string of the molecule is COC(=O)c1ccc([C@H](C)NC(=O)c2cc(Cl)cnc2Cc2ccc(F)cc2)cc1. The molecule has 0 bridgehead atoms. The number of hydrogen-bond acceptors (Lipinski definition) is 4. The quantitative estimate of drug-likeness (QED) is 0.578. The number of amides is 1. The molecule has 1 heterocycles. The fraction of sp³-hybridized carbons (Fsp3) is 0.174. The normalized spacial score (nSPS) is 11.6. The van der Waals surface area contributed by atoms with Gasteiger partial charge in [-0.3, -0.25) is 9.78 Å². The monoisotopic (exact) mass is 426 g/mol. The maximum Gasteiger partial charge on any atom is 0.337 e. The standard InChI is InChI=1S/C23H20ClFN2O3/c1-14(16-5-7-17(8-6-16)23(29)30-2)27-22(28)20-12-18(24)13-26-21(20)11-15-3-9-19(25)10-4-15/h3-10,12-14H,11H2,1-2H3,(H,27,28)/t14-/m0/s1. The van der Waals surface area contributed by atoms with Crippen LogP contribution in [0.15, 0.2) is 60.8 Å². The Morgan fingerprint density at radius 2 is 1.80 bits per heavy atom. The van der Waals surface area contributed by atoms with Gasteiger partial charge in [0, 0.05) is 12.6 Å². The molecule has 2 aromatic carbocycles. The minimum atomic E-state index is -0.423. The molecule has 1 N–H and O–H groups in total. The lowest BCUT2D eigenvalue weighted by atomic mass is 10.0. The first kappa shape index (κ1) is 21.5. The molecule has 0 fully saturated rings. The van der Waals surface area contributed by atoms with Gasteiger partial charge in [0.2, 0.25) is 0 Å². The van der Waals surface area contributed by atoms with Crippen LogP contribution in [0.2, 0.25) is 5.02 Å². The first-order valence-corrected chi connectivity index (χ1v) is 9.63. The molecule has 1 amide bonds. The van der Waals surface area contributed by atoms with Crippen LogP contribution in [-0.2, 0) is 11.2 Å². The average molecular weight is 427 g/mol. The summed E-state index contributed by atoms with van der Waals surface area (Å²) in [5.41, 5.74) is 2.97. The molecule has 1 aromatic heterocycles. The highest BCUT2D eigenvalue weighted by Gasteiger charge is 2.17. The first-order valence-electron chi connectivity index (χ1n) is 9.25. The van der Waals surface area contributed by atoms with E-state index < -0.39 is 5.97 Å². The summed E-state index contributed by atoms with van der Waals surface area (Å²) in [6, 6.07) is 14.1. The number of pyridine rings is 1. The molecule has 0 aliphatic heterocycles. The predicted octanol–water partition coefficient (Wildman–Crippen LogP) is 4.74. The number of nitrogens with zero attached hydrogens (tertiary/aromatic N) is 1. The van der Waals surface area contributed by atoms with Crippen molar-refractivity contribution in [1.29, 1.82) is 0 Å². The largest absolute Gasteiger partial charge is 0.465 e. The van der Waals surface area contributed by atoms with Crippen molar-refractivity contribution < 1.29 is 18.7 Å². The summed E-state index contributed by atoms with van der Waals surface area (Å²) >= 11 is 6.06. The number of benzene rings is 2. The van der Waals surface area contributed by atoms with Crippen molar-refractivity contribution in [3.05, 3.63) is 99.6 Å². The summed E-state index contributed by atoms with van der Waals surface area (Å²) in [6.45, 7) is 1.84. The van der Waals surface area contributed by atoms with Crippen LogP contribution >= 0.6 is 11.6 Å². The Balaban J connectivity index is 1.78. The molecule has 7 heteroatoms. The van der Waals surface area contributed by atoms with Crippen LogP contribution in [0.4, 0.5) is 4.39 Å². The van der Waals surface area contributed by atoms with Crippen LogP contribution in [-0.4, -0.2) is 24.0 Å². The van der Waals surface area contributed by atoms with E-state index in [0.29, 0.717) is 28.3 Å². The van der Waals surface area contributed by atoms with Crippen molar-refractivity contribution in [1.82, 2.24) is 10.3 Å². The van der Waals surface area contributed by atoms with E-state index in [1.54, 1.807) is 42.5 Å². The van der Waals surface area contributed by atoms with Gasteiger partial charge in [0.25, 0.3) is 5.91 Å². The molecule has 0 saturated carbocycles. The van der Waals surface area contributed by atoms with Gasteiger partial charge in [-0.25, -0.2) is 9.18 Å². The van der Waals surface area contributed by atoms with Crippen LogP contribution in [0, 0.1) is 5.82 Å². The number of nitrogens with one attached hydrogen (secondary N) is 1. The molecule has 154 valence electrons. The van der Waals surface area contributed by atoms with Crippen LogP contribution < -0.4 is 5.32 Å². The van der Waals surface area contributed by atoms with Gasteiger partial charge in [-0.2, -0.15) is 0 Å². The third kappa shape index (κ3) is 5.21. The fourth-order valence-corrected chi connectivity index (χ4v) is 3.14. The number of carbonyl (C=O) groups is 2. The minimum absolute atomic E-state index is 0.318. The molecule has 0 radical (unpaired) electrons. The maximum atomic E-state index is 13.2. The Morgan fingerprint density at radius 1 is 1.13 bits per heavy atom. The number of esters is 1. The van der Waals surface area contributed by atoms with Crippen LogP contribution in [0.5, 0.6) is 0 Å². The summed E-state index contributed by atoms with van der Waals surface area (Å²) in [5.74, 6) is -1.08. The number of halogens is 2. The van der Waals surface area contributed by atoms with Gasteiger partial charge in [-0.1, -0.05) is 35.9 Å². The number of rotatable bonds is 6. The van der Waals surface area contributed by atoms with E-state index in [9.17, 15) is 14.0 Å². The second-order valence-corrected chi connectivity index (χ2v) is 7.20.